The highest BCUT2D eigenvalue weighted by Gasteiger charge is 2.30. The number of hydroxylamine groups is 1. The zero-order valence-electron chi connectivity index (χ0n) is 20.4. The van der Waals surface area contributed by atoms with Gasteiger partial charge in [0.2, 0.25) is 5.91 Å². The van der Waals surface area contributed by atoms with Crippen LogP contribution in [-0.2, 0) is 30.8 Å². The largest absolute Gasteiger partial charge is 0.445 e. The van der Waals surface area contributed by atoms with Crippen LogP contribution in [0.3, 0.4) is 0 Å². The summed E-state index contributed by atoms with van der Waals surface area (Å²) in [5.74, 6) is -2.79. The maximum absolute atomic E-state index is 13.0. The second-order valence-electron chi connectivity index (χ2n) is 8.13. The van der Waals surface area contributed by atoms with Crippen LogP contribution in [0, 0.1) is 0 Å². The van der Waals surface area contributed by atoms with Crippen molar-refractivity contribution in [2.45, 2.75) is 40.3 Å². The number of amides is 3. The highest BCUT2D eigenvalue weighted by atomic mass is 32.2. The molecule has 0 bridgehead atoms. The van der Waals surface area contributed by atoms with Crippen LogP contribution in [0.1, 0.15) is 12.5 Å². The van der Waals surface area contributed by atoms with Gasteiger partial charge in [-0.05, 0) is 48.9 Å². The van der Waals surface area contributed by atoms with Crippen molar-refractivity contribution >= 4 is 39.5 Å². The molecule has 38 heavy (non-hydrogen) atoms. The van der Waals surface area contributed by atoms with E-state index >= 15 is 0 Å². The zero-order valence-corrected chi connectivity index (χ0v) is 22.0. The number of sulfone groups is 1. The van der Waals surface area contributed by atoms with Crippen molar-refractivity contribution in [3.63, 3.8) is 0 Å². The highest BCUT2D eigenvalue weighted by molar-refractivity contribution is 7.99. The first-order valence-electron chi connectivity index (χ1n) is 11.4. The third kappa shape index (κ3) is 8.61. The van der Waals surface area contributed by atoms with E-state index in [-0.39, 0.29) is 11.5 Å². The van der Waals surface area contributed by atoms with E-state index in [2.05, 4.69) is 10.6 Å². The summed E-state index contributed by atoms with van der Waals surface area (Å²) < 4.78 is 31.0. The predicted molar refractivity (Wildman–Crippen MR) is 140 cm³/mol. The molecule has 2 atom stereocenters. The Morgan fingerprint density at radius 1 is 0.842 bits per heavy atom. The van der Waals surface area contributed by atoms with Crippen molar-refractivity contribution in [1.82, 2.24) is 16.1 Å². The van der Waals surface area contributed by atoms with Crippen molar-refractivity contribution in [3.05, 3.63) is 90.5 Å². The predicted octanol–water partition coefficient (Wildman–Crippen LogP) is 2.92. The molecule has 0 aliphatic rings. The molecule has 0 aromatic heterocycles. The Morgan fingerprint density at radius 2 is 1.42 bits per heavy atom. The lowest BCUT2D eigenvalue weighted by Crippen LogP contribution is -2.54. The minimum absolute atomic E-state index is 0.0164. The van der Waals surface area contributed by atoms with Crippen LogP contribution in [0.25, 0.3) is 0 Å². The highest BCUT2D eigenvalue weighted by Crippen LogP contribution is 2.28. The normalized spacial score (nSPS) is 12.6. The Bertz CT molecular complexity index is 1340. The molecular formula is C26H27N3O7S2. The lowest BCUT2D eigenvalue weighted by Gasteiger charge is -2.20. The molecule has 3 aromatic rings. The summed E-state index contributed by atoms with van der Waals surface area (Å²) in [6, 6.07) is 21.7. The summed E-state index contributed by atoms with van der Waals surface area (Å²) in [5.41, 5.74) is 2.11. The standard InChI is InChI=1S/C26H27N3O7S2/c1-18(27-26(32)36-16-19-8-4-2-5-9-19)24(30)28-23(25(31)29-33)17-38(34,35)22-14-12-21(13-15-22)37-20-10-6-3-7-11-20/h2-15,18,23,33H,16-17H2,1H3,(H,27,32)(H,28,30)(H,29,31)/t18-,23?/m0/s1. The number of carbonyl (C=O) groups is 3. The Balaban J connectivity index is 1.59. The minimum Gasteiger partial charge on any atom is -0.445 e. The van der Waals surface area contributed by atoms with Crippen LogP contribution in [0.4, 0.5) is 4.79 Å². The molecule has 0 heterocycles. The summed E-state index contributed by atoms with van der Waals surface area (Å²) in [6.45, 7) is 1.32. The van der Waals surface area contributed by atoms with E-state index in [1.54, 1.807) is 36.4 Å². The van der Waals surface area contributed by atoms with Crippen LogP contribution < -0.4 is 16.1 Å². The molecule has 200 valence electrons. The van der Waals surface area contributed by atoms with E-state index < -0.39 is 45.6 Å². The van der Waals surface area contributed by atoms with Crippen molar-refractivity contribution < 1.29 is 32.7 Å². The van der Waals surface area contributed by atoms with E-state index in [4.69, 9.17) is 9.94 Å². The number of ether oxygens (including phenoxy) is 1. The molecule has 0 saturated carbocycles. The van der Waals surface area contributed by atoms with Gasteiger partial charge in [-0.25, -0.2) is 18.7 Å². The molecule has 0 saturated heterocycles. The average molecular weight is 558 g/mol. The molecule has 0 aliphatic carbocycles. The fourth-order valence-corrected chi connectivity index (χ4v) is 5.47. The van der Waals surface area contributed by atoms with Crippen LogP contribution in [-0.4, -0.2) is 49.4 Å². The van der Waals surface area contributed by atoms with Crippen LogP contribution in [0.15, 0.2) is 99.6 Å². The second-order valence-corrected chi connectivity index (χ2v) is 11.3. The van der Waals surface area contributed by atoms with Crippen molar-refractivity contribution in [2.24, 2.45) is 0 Å². The molecule has 12 heteroatoms. The molecule has 0 aliphatic heterocycles. The average Bonchev–Trinajstić information content (AvgIpc) is 2.92. The molecular weight excluding hydrogens is 530 g/mol. The number of nitrogens with one attached hydrogen (secondary N) is 3. The number of rotatable bonds is 11. The first kappa shape index (κ1) is 28.7. The van der Waals surface area contributed by atoms with E-state index in [0.717, 1.165) is 15.4 Å². The Labute approximate surface area is 224 Å². The van der Waals surface area contributed by atoms with Gasteiger partial charge in [-0.15, -0.1) is 0 Å². The van der Waals surface area contributed by atoms with Gasteiger partial charge in [-0.1, -0.05) is 60.3 Å². The van der Waals surface area contributed by atoms with E-state index in [0.29, 0.717) is 0 Å². The molecule has 10 nitrogen and oxygen atoms in total. The van der Waals surface area contributed by atoms with Crippen LogP contribution >= 0.6 is 11.8 Å². The summed E-state index contributed by atoms with van der Waals surface area (Å²) in [5, 5.41) is 13.7. The quantitative estimate of drug-likeness (QED) is 0.208. The number of benzene rings is 3. The summed E-state index contributed by atoms with van der Waals surface area (Å²) in [6.07, 6.45) is -0.874. The molecule has 0 radical (unpaired) electrons. The van der Waals surface area contributed by atoms with Gasteiger partial charge in [0.15, 0.2) is 9.84 Å². The van der Waals surface area contributed by atoms with Crippen molar-refractivity contribution in [3.8, 4) is 0 Å². The molecule has 0 fully saturated rings. The van der Waals surface area contributed by atoms with Crippen molar-refractivity contribution in [1.29, 1.82) is 0 Å². The van der Waals surface area contributed by atoms with Gasteiger partial charge in [0, 0.05) is 9.79 Å². The summed E-state index contributed by atoms with van der Waals surface area (Å²) in [7, 11) is -4.05. The van der Waals surface area contributed by atoms with Crippen molar-refractivity contribution in [2.75, 3.05) is 5.75 Å². The molecule has 3 aromatic carbocycles. The Kier molecular flexibility index (Phi) is 10.3. The third-order valence-corrected chi connectivity index (χ3v) is 8.01. The van der Waals surface area contributed by atoms with Gasteiger partial charge >= 0.3 is 6.09 Å². The molecule has 1 unspecified atom stereocenters. The van der Waals surface area contributed by atoms with E-state index in [1.165, 1.54) is 36.3 Å². The maximum atomic E-state index is 13.0. The van der Waals surface area contributed by atoms with E-state index in [1.807, 2.05) is 36.4 Å². The van der Waals surface area contributed by atoms with Crippen LogP contribution in [0.5, 0.6) is 0 Å². The first-order valence-corrected chi connectivity index (χ1v) is 13.9. The molecule has 0 spiro atoms. The lowest BCUT2D eigenvalue weighted by molar-refractivity contribution is -0.134. The van der Waals surface area contributed by atoms with Gasteiger partial charge in [-0.2, -0.15) is 0 Å². The second kappa shape index (κ2) is 13.6. The van der Waals surface area contributed by atoms with Gasteiger partial charge < -0.3 is 15.4 Å². The fraction of sp³-hybridized carbons (Fsp3) is 0.192. The number of carbonyl (C=O) groups excluding carboxylic acids is 3. The Hall–Kier alpha value is -3.87. The van der Waals surface area contributed by atoms with Crippen LogP contribution in [0.2, 0.25) is 0 Å². The monoisotopic (exact) mass is 557 g/mol. The molecule has 4 N–H and O–H groups in total. The molecule has 3 rings (SSSR count). The summed E-state index contributed by atoms with van der Waals surface area (Å²) >= 11 is 1.45. The van der Waals surface area contributed by atoms with Gasteiger partial charge in [0.1, 0.15) is 18.7 Å². The number of alkyl carbamates (subject to hydrolysis) is 1. The maximum Gasteiger partial charge on any atom is 0.408 e. The topological polar surface area (TPSA) is 151 Å². The van der Waals surface area contributed by atoms with E-state index in [9.17, 15) is 22.8 Å². The SMILES string of the molecule is C[C@H](NC(=O)OCc1ccccc1)C(=O)NC(CS(=O)(=O)c1ccc(Sc2ccccc2)cc1)C(=O)NO. The third-order valence-electron chi connectivity index (χ3n) is 5.23. The van der Waals surface area contributed by atoms with Gasteiger partial charge in [0.05, 0.1) is 10.6 Å². The zero-order chi connectivity index (χ0) is 27.5. The lowest BCUT2D eigenvalue weighted by atomic mass is 10.2. The summed E-state index contributed by atoms with van der Waals surface area (Å²) in [4.78, 5) is 38.5. The van der Waals surface area contributed by atoms with Gasteiger partial charge in [-0.3, -0.25) is 14.8 Å². The first-order chi connectivity index (χ1) is 18.2. The number of hydrogen-bond donors (Lipinski definition) is 4. The molecule has 3 amide bonds. The number of hydrogen-bond acceptors (Lipinski definition) is 8. The van der Waals surface area contributed by atoms with Gasteiger partial charge in [0.25, 0.3) is 5.91 Å². The Morgan fingerprint density at radius 3 is 2.03 bits per heavy atom. The fourth-order valence-electron chi connectivity index (χ4n) is 3.22. The smallest absolute Gasteiger partial charge is 0.408 e. The minimum atomic E-state index is -4.05.